The summed E-state index contributed by atoms with van der Waals surface area (Å²) in [6, 6.07) is 17.0. The zero-order valence-corrected chi connectivity index (χ0v) is 18.1. The summed E-state index contributed by atoms with van der Waals surface area (Å²) >= 11 is 0. The van der Waals surface area contributed by atoms with Gasteiger partial charge in [-0.15, -0.1) is 0 Å². The van der Waals surface area contributed by atoms with Crippen LogP contribution in [0.3, 0.4) is 0 Å². The standard InChI is InChI=1S/C13H13O3P.C8H11O3P/c1-17(16,11-5-3-2-4-6-11)13-9-10(14)7-8-12(13)15;1-12(2,11)8-5-6(9)3-4-7(8)10/h2-9,14-15H,1H3;3-5,9-10H,1-2H3. The maximum absolute atomic E-state index is 12.7. The first-order valence-corrected chi connectivity index (χ1v) is 13.4. The number of benzene rings is 3. The van der Waals surface area contributed by atoms with Crippen LogP contribution in [-0.4, -0.2) is 40.4 Å². The lowest BCUT2D eigenvalue weighted by Gasteiger charge is -2.15. The van der Waals surface area contributed by atoms with E-state index < -0.39 is 14.3 Å². The molecule has 0 aliphatic carbocycles. The molecule has 1 unspecified atom stereocenters. The second-order valence-corrected chi connectivity index (χ2v) is 13.0. The van der Waals surface area contributed by atoms with Crippen LogP contribution in [0.1, 0.15) is 0 Å². The normalized spacial score (nSPS) is 13.1. The van der Waals surface area contributed by atoms with E-state index in [-0.39, 0.29) is 28.3 Å². The third-order valence-electron chi connectivity index (χ3n) is 4.21. The van der Waals surface area contributed by atoms with Crippen molar-refractivity contribution in [1.29, 1.82) is 0 Å². The van der Waals surface area contributed by atoms with Gasteiger partial charge >= 0.3 is 0 Å². The molecule has 0 saturated carbocycles. The van der Waals surface area contributed by atoms with Gasteiger partial charge in [0.2, 0.25) is 0 Å². The molecule has 0 heterocycles. The lowest BCUT2D eigenvalue weighted by molar-refractivity contribution is 0.463. The van der Waals surface area contributed by atoms with E-state index in [1.807, 2.05) is 6.07 Å². The largest absolute Gasteiger partial charge is 0.508 e. The second-order valence-electron chi connectivity index (χ2n) is 6.96. The summed E-state index contributed by atoms with van der Waals surface area (Å²) in [5.74, 6) is -0.0684. The molecule has 8 heteroatoms. The van der Waals surface area contributed by atoms with Gasteiger partial charge in [0.15, 0.2) is 0 Å². The van der Waals surface area contributed by atoms with Crippen molar-refractivity contribution < 1.29 is 29.6 Å². The van der Waals surface area contributed by atoms with Crippen molar-refractivity contribution >= 4 is 30.2 Å². The van der Waals surface area contributed by atoms with Crippen molar-refractivity contribution in [2.24, 2.45) is 0 Å². The monoisotopic (exact) mass is 434 g/mol. The minimum atomic E-state index is -2.87. The Kier molecular flexibility index (Phi) is 6.84. The molecule has 3 aromatic rings. The van der Waals surface area contributed by atoms with Gasteiger partial charge in [0, 0.05) is 5.30 Å². The van der Waals surface area contributed by atoms with E-state index >= 15 is 0 Å². The molecule has 4 N–H and O–H groups in total. The van der Waals surface area contributed by atoms with E-state index in [9.17, 15) is 24.4 Å². The predicted octanol–water partition coefficient (Wildman–Crippen LogP) is 3.39. The molecule has 3 rings (SSSR count). The quantitative estimate of drug-likeness (QED) is 0.371. The fourth-order valence-corrected chi connectivity index (χ4v) is 5.63. The first kappa shape index (κ1) is 22.6. The topological polar surface area (TPSA) is 115 Å². The van der Waals surface area contributed by atoms with Gasteiger partial charge in [-0.3, -0.25) is 0 Å². The third kappa shape index (κ3) is 5.66. The van der Waals surface area contributed by atoms with E-state index in [2.05, 4.69) is 0 Å². The molecule has 0 saturated heterocycles. The molecule has 0 bridgehead atoms. The summed E-state index contributed by atoms with van der Waals surface area (Å²) in [5.41, 5.74) is 0. The molecule has 0 radical (unpaired) electrons. The molecule has 6 nitrogen and oxygen atoms in total. The van der Waals surface area contributed by atoms with E-state index in [1.165, 1.54) is 36.4 Å². The van der Waals surface area contributed by atoms with E-state index in [4.69, 9.17) is 5.11 Å². The van der Waals surface area contributed by atoms with Gasteiger partial charge in [0.1, 0.15) is 37.3 Å². The predicted molar refractivity (Wildman–Crippen MR) is 118 cm³/mol. The van der Waals surface area contributed by atoms with Crippen molar-refractivity contribution in [2.45, 2.75) is 0 Å². The summed E-state index contributed by atoms with van der Waals surface area (Å²) in [5, 5.41) is 38.8. The van der Waals surface area contributed by atoms with Crippen molar-refractivity contribution in [3.63, 3.8) is 0 Å². The van der Waals surface area contributed by atoms with Crippen LogP contribution in [0.4, 0.5) is 0 Å². The molecule has 0 fully saturated rings. The summed E-state index contributed by atoms with van der Waals surface area (Å²) in [6.07, 6.45) is 0. The zero-order valence-electron chi connectivity index (χ0n) is 16.4. The summed E-state index contributed by atoms with van der Waals surface area (Å²) < 4.78 is 24.2. The molecule has 29 heavy (non-hydrogen) atoms. The van der Waals surface area contributed by atoms with Crippen molar-refractivity contribution in [2.75, 3.05) is 20.0 Å². The molecule has 3 aromatic carbocycles. The molecule has 154 valence electrons. The molecular weight excluding hydrogens is 410 g/mol. The SMILES string of the molecule is CP(=O)(c1ccccc1)c1cc(O)ccc1O.CP(C)(=O)c1cc(O)ccc1O. The van der Waals surface area contributed by atoms with Crippen LogP contribution in [0, 0.1) is 0 Å². The smallest absolute Gasteiger partial charge is 0.144 e. The van der Waals surface area contributed by atoms with Crippen LogP contribution < -0.4 is 15.9 Å². The minimum absolute atomic E-state index is 0.00388. The van der Waals surface area contributed by atoms with Gasteiger partial charge < -0.3 is 29.6 Å². The Morgan fingerprint density at radius 3 is 1.52 bits per heavy atom. The maximum atomic E-state index is 12.7. The number of hydrogen-bond acceptors (Lipinski definition) is 6. The molecule has 0 amide bonds. The molecule has 0 aromatic heterocycles. The van der Waals surface area contributed by atoms with E-state index in [1.54, 1.807) is 44.3 Å². The van der Waals surface area contributed by atoms with Gasteiger partial charge in [0.05, 0.1) is 10.6 Å². The number of hydrogen-bond donors (Lipinski definition) is 4. The molecular formula is C21H24O6P2. The van der Waals surface area contributed by atoms with Crippen LogP contribution in [0.2, 0.25) is 0 Å². The highest BCUT2D eigenvalue weighted by molar-refractivity contribution is 7.78. The van der Waals surface area contributed by atoms with Gasteiger partial charge in [0.25, 0.3) is 0 Å². The van der Waals surface area contributed by atoms with E-state index in [0.29, 0.717) is 10.6 Å². The first-order valence-electron chi connectivity index (χ1n) is 8.66. The van der Waals surface area contributed by atoms with Crippen molar-refractivity contribution in [1.82, 2.24) is 0 Å². The van der Waals surface area contributed by atoms with Crippen LogP contribution in [0.25, 0.3) is 0 Å². The molecule has 1 atom stereocenters. The Hall–Kier alpha value is -2.68. The zero-order chi connectivity index (χ0) is 21.8. The number of phenolic OH excluding ortho intramolecular Hbond substituents is 4. The molecule has 0 spiro atoms. The van der Waals surface area contributed by atoms with Crippen LogP contribution in [0.5, 0.6) is 23.0 Å². The van der Waals surface area contributed by atoms with Crippen LogP contribution in [0.15, 0.2) is 66.7 Å². The van der Waals surface area contributed by atoms with Gasteiger partial charge in [-0.25, -0.2) is 0 Å². The average Bonchev–Trinajstić information content (AvgIpc) is 2.66. The highest BCUT2D eigenvalue weighted by atomic mass is 31.2. The number of aromatic hydroxyl groups is 4. The average molecular weight is 434 g/mol. The minimum Gasteiger partial charge on any atom is -0.508 e. The summed E-state index contributed by atoms with van der Waals surface area (Å²) in [7, 11) is -5.36. The maximum Gasteiger partial charge on any atom is 0.144 e. The Bertz CT molecular complexity index is 1090. The molecule has 0 aliphatic rings. The lowest BCUT2D eigenvalue weighted by atomic mass is 10.3. The second kappa shape index (κ2) is 8.77. The highest BCUT2D eigenvalue weighted by Gasteiger charge is 2.24. The number of rotatable bonds is 3. The number of phenols is 4. The third-order valence-corrected chi connectivity index (χ3v) is 8.29. The van der Waals surface area contributed by atoms with Gasteiger partial charge in [-0.05, 0) is 56.4 Å². The van der Waals surface area contributed by atoms with E-state index in [0.717, 1.165) is 0 Å². The lowest BCUT2D eigenvalue weighted by Crippen LogP contribution is -2.15. The Morgan fingerprint density at radius 2 is 1.07 bits per heavy atom. The molecule has 0 aliphatic heterocycles. The van der Waals surface area contributed by atoms with Crippen LogP contribution >= 0.6 is 14.3 Å². The van der Waals surface area contributed by atoms with Crippen LogP contribution in [-0.2, 0) is 9.13 Å². The highest BCUT2D eigenvalue weighted by Crippen LogP contribution is 2.42. The first-order chi connectivity index (χ1) is 13.4. The fourth-order valence-electron chi connectivity index (χ4n) is 2.65. The van der Waals surface area contributed by atoms with Gasteiger partial charge in [-0.1, -0.05) is 30.3 Å². The summed E-state index contributed by atoms with van der Waals surface area (Å²) in [4.78, 5) is 0. The van der Waals surface area contributed by atoms with Crippen molar-refractivity contribution in [3.05, 3.63) is 66.7 Å². The fraction of sp³-hybridized carbons (Fsp3) is 0.143. The Labute approximate surface area is 169 Å². The van der Waals surface area contributed by atoms with Crippen molar-refractivity contribution in [3.8, 4) is 23.0 Å². The summed E-state index contributed by atoms with van der Waals surface area (Å²) in [6.45, 7) is 4.67. The van der Waals surface area contributed by atoms with Gasteiger partial charge in [-0.2, -0.15) is 0 Å². The Balaban J connectivity index is 0.000000221. The Morgan fingerprint density at radius 1 is 0.621 bits per heavy atom.